The summed E-state index contributed by atoms with van der Waals surface area (Å²) in [5.74, 6) is -0.706. The fraction of sp³-hybridized carbons (Fsp3) is 0.526. The Morgan fingerprint density at radius 2 is 1.79 bits per heavy atom. The first-order valence-corrected chi connectivity index (χ1v) is 11.3. The maximum Gasteiger partial charge on any atom is 0.407 e. The summed E-state index contributed by atoms with van der Waals surface area (Å²) in [7, 11) is -3.07. The van der Waals surface area contributed by atoms with Crippen LogP contribution in [0.15, 0.2) is 30.3 Å². The molecule has 1 atom stereocenters. The van der Waals surface area contributed by atoms with Gasteiger partial charge < -0.3 is 20.3 Å². The quantitative estimate of drug-likeness (QED) is 0.584. The summed E-state index contributed by atoms with van der Waals surface area (Å²) in [6, 6.07) is 8.56. The molecule has 0 spiro atoms. The van der Waals surface area contributed by atoms with Crippen LogP contribution in [-0.4, -0.2) is 68.4 Å². The molecule has 0 radical (unpaired) electrons. The first-order chi connectivity index (χ1) is 13.8. The van der Waals surface area contributed by atoms with Crippen molar-refractivity contribution in [1.29, 1.82) is 0 Å². The molecule has 0 aromatic heterocycles. The zero-order valence-electron chi connectivity index (χ0n) is 16.4. The molecule has 1 aliphatic heterocycles. The molecule has 1 heterocycles. The van der Waals surface area contributed by atoms with E-state index in [0.717, 1.165) is 5.56 Å². The summed E-state index contributed by atoms with van der Waals surface area (Å²) in [4.78, 5) is 37.3. The molecule has 1 aliphatic rings. The first-order valence-electron chi connectivity index (χ1n) is 9.50. The van der Waals surface area contributed by atoms with Crippen molar-refractivity contribution in [2.24, 2.45) is 0 Å². The number of carbonyl (C=O) groups is 3. The van der Waals surface area contributed by atoms with Crippen LogP contribution >= 0.6 is 0 Å². The number of alkyl carbamates (subject to hydrolysis) is 1. The Morgan fingerprint density at radius 3 is 2.45 bits per heavy atom. The molecule has 1 unspecified atom stereocenters. The molecule has 2 N–H and O–H groups in total. The van der Waals surface area contributed by atoms with Gasteiger partial charge in [-0.1, -0.05) is 30.3 Å². The van der Waals surface area contributed by atoms with Crippen LogP contribution in [0.2, 0.25) is 0 Å². The summed E-state index contributed by atoms with van der Waals surface area (Å²) in [5.41, 5.74) is 0.881. The predicted octanol–water partition coefficient (Wildman–Crippen LogP) is 0.455. The average molecular weight is 426 g/mol. The largest absolute Gasteiger partial charge is 0.445 e. The van der Waals surface area contributed by atoms with Crippen molar-refractivity contribution in [1.82, 2.24) is 15.5 Å². The second-order valence-corrected chi connectivity index (χ2v) is 9.16. The monoisotopic (exact) mass is 425 g/mol. The third-order valence-electron chi connectivity index (χ3n) is 4.47. The van der Waals surface area contributed by atoms with Crippen molar-refractivity contribution >= 4 is 27.7 Å². The summed E-state index contributed by atoms with van der Waals surface area (Å²) in [5, 5.41) is 5.18. The number of ether oxygens (including phenoxy) is 1. The van der Waals surface area contributed by atoms with Crippen molar-refractivity contribution in [2.45, 2.75) is 32.4 Å². The van der Waals surface area contributed by atoms with Crippen LogP contribution in [0, 0.1) is 0 Å². The summed E-state index contributed by atoms with van der Waals surface area (Å²) in [6.07, 6.45) is -0.0158. The lowest BCUT2D eigenvalue weighted by atomic mass is 10.2. The molecule has 0 aliphatic carbocycles. The minimum Gasteiger partial charge on any atom is -0.445 e. The zero-order valence-corrected chi connectivity index (χ0v) is 17.2. The fourth-order valence-corrected chi connectivity index (χ4v) is 4.00. The molecule has 1 fully saturated rings. The Morgan fingerprint density at radius 1 is 1.14 bits per heavy atom. The third kappa shape index (κ3) is 8.10. The van der Waals surface area contributed by atoms with Crippen LogP contribution in [0.1, 0.15) is 25.3 Å². The lowest BCUT2D eigenvalue weighted by Crippen LogP contribution is -2.51. The standard InChI is InChI=1S/C19H27N3O6S/c1-15(18(24)22-10-12-29(26,27)13-11-22)21-17(23)8-5-9-20-19(25)28-14-16-6-3-2-4-7-16/h2-4,6-7,15H,5,8-14H2,1H3,(H,20,25)(H,21,23). The number of hydrogen-bond donors (Lipinski definition) is 2. The van der Waals surface area contributed by atoms with Gasteiger partial charge in [0, 0.05) is 26.1 Å². The van der Waals surface area contributed by atoms with E-state index in [2.05, 4.69) is 10.6 Å². The Hall–Kier alpha value is -2.62. The number of amides is 3. The third-order valence-corrected chi connectivity index (χ3v) is 6.08. The van der Waals surface area contributed by atoms with Crippen LogP contribution in [-0.2, 0) is 30.8 Å². The molecule has 29 heavy (non-hydrogen) atoms. The predicted molar refractivity (Wildman–Crippen MR) is 107 cm³/mol. The Bertz CT molecular complexity index is 798. The molecule has 0 saturated carbocycles. The molecular formula is C19H27N3O6S. The molecule has 2 rings (SSSR count). The van der Waals surface area contributed by atoms with Gasteiger partial charge in [0.2, 0.25) is 11.8 Å². The van der Waals surface area contributed by atoms with Gasteiger partial charge in [-0.25, -0.2) is 13.2 Å². The highest BCUT2D eigenvalue weighted by Crippen LogP contribution is 2.06. The van der Waals surface area contributed by atoms with Gasteiger partial charge in [-0.3, -0.25) is 9.59 Å². The van der Waals surface area contributed by atoms with Crippen LogP contribution in [0.5, 0.6) is 0 Å². The van der Waals surface area contributed by atoms with E-state index in [0.29, 0.717) is 6.42 Å². The lowest BCUT2D eigenvalue weighted by Gasteiger charge is -2.29. The van der Waals surface area contributed by atoms with Crippen molar-refractivity contribution in [3.8, 4) is 0 Å². The number of sulfone groups is 1. The van der Waals surface area contributed by atoms with Gasteiger partial charge in [-0.05, 0) is 18.9 Å². The summed E-state index contributed by atoms with van der Waals surface area (Å²) < 4.78 is 27.9. The molecule has 1 saturated heterocycles. The van der Waals surface area contributed by atoms with Crippen molar-refractivity contribution in [3.63, 3.8) is 0 Å². The van der Waals surface area contributed by atoms with E-state index in [-0.39, 0.29) is 56.0 Å². The number of nitrogens with one attached hydrogen (secondary N) is 2. The van der Waals surface area contributed by atoms with Gasteiger partial charge in [0.05, 0.1) is 11.5 Å². The van der Waals surface area contributed by atoms with Gasteiger partial charge in [-0.15, -0.1) is 0 Å². The minimum atomic E-state index is -3.07. The minimum absolute atomic E-state index is 0.0502. The van der Waals surface area contributed by atoms with Crippen LogP contribution in [0.25, 0.3) is 0 Å². The van der Waals surface area contributed by atoms with Crippen molar-refractivity contribution < 1.29 is 27.5 Å². The number of nitrogens with zero attached hydrogens (tertiary/aromatic N) is 1. The average Bonchev–Trinajstić information content (AvgIpc) is 2.70. The second-order valence-electron chi connectivity index (χ2n) is 6.86. The molecule has 160 valence electrons. The second kappa shape index (κ2) is 10.8. The zero-order chi connectivity index (χ0) is 21.3. The van der Waals surface area contributed by atoms with E-state index >= 15 is 0 Å². The van der Waals surface area contributed by atoms with Crippen LogP contribution in [0.4, 0.5) is 4.79 Å². The van der Waals surface area contributed by atoms with E-state index < -0.39 is 22.0 Å². The van der Waals surface area contributed by atoms with E-state index in [1.54, 1.807) is 6.92 Å². The lowest BCUT2D eigenvalue weighted by molar-refractivity contribution is -0.135. The summed E-state index contributed by atoms with van der Waals surface area (Å²) in [6.45, 7) is 2.31. The van der Waals surface area contributed by atoms with E-state index in [1.807, 2.05) is 30.3 Å². The maximum atomic E-state index is 12.3. The highest BCUT2D eigenvalue weighted by atomic mass is 32.2. The first kappa shape index (κ1) is 22.7. The van der Waals surface area contributed by atoms with E-state index in [9.17, 15) is 22.8 Å². The number of hydrogen-bond acceptors (Lipinski definition) is 6. The molecule has 10 heteroatoms. The smallest absolute Gasteiger partial charge is 0.407 e. The van der Waals surface area contributed by atoms with E-state index in [1.165, 1.54) is 4.90 Å². The molecule has 3 amide bonds. The van der Waals surface area contributed by atoms with Gasteiger partial charge >= 0.3 is 6.09 Å². The number of carbonyl (C=O) groups excluding carboxylic acids is 3. The normalized spacial score (nSPS) is 16.5. The Kier molecular flexibility index (Phi) is 8.44. The maximum absolute atomic E-state index is 12.3. The highest BCUT2D eigenvalue weighted by molar-refractivity contribution is 7.91. The number of benzene rings is 1. The SMILES string of the molecule is CC(NC(=O)CCCNC(=O)OCc1ccccc1)C(=O)N1CCS(=O)(=O)CC1. The molecule has 0 bridgehead atoms. The van der Waals surface area contributed by atoms with Gasteiger partial charge in [0.15, 0.2) is 9.84 Å². The van der Waals surface area contributed by atoms with E-state index in [4.69, 9.17) is 4.74 Å². The molecule has 9 nitrogen and oxygen atoms in total. The topological polar surface area (TPSA) is 122 Å². The fourth-order valence-electron chi connectivity index (χ4n) is 2.80. The summed E-state index contributed by atoms with van der Waals surface area (Å²) >= 11 is 0. The van der Waals surface area contributed by atoms with Crippen LogP contribution < -0.4 is 10.6 Å². The van der Waals surface area contributed by atoms with Crippen LogP contribution in [0.3, 0.4) is 0 Å². The van der Waals surface area contributed by atoms with Gasteiger partial charge in [-0.2, -0.15) is 0 Å². The molecular weight excluding hydrogens is 398 g/mol. The molecule has 1 aromatic carbocycles. The Balaban J connectivity index is 1.59. The Labute approximate surface area is 170 Å². The van der Waals surface area contributed by atoms with Crippen molar-refractivity contribution in [3.05, 3.63) is 35.9 Å². The number of rotatable bonds is 8. The van der Waals surface area contributed by atoms with Gasteiger partial charge in [0.25, 0.3) is 0 Å². The highest BCUT2D eigenvalue weighted by Gasteiger charge is 2.28. The van der Waals surface area contributed by atoms with Crippen molar-refractivity contribution in [2.75, 3.05) is 31.1 Å². The van der Waals surface area contributed by atoms with Gasteiger partial charge in [0.1, 0.15) is 12.6 Å². The molecule has 1 aromatic rings.